The van der Waals surface area contributed by atoms with Crippen LogP contribution in [0.4, 0.5) is 0 Å². The molecular formula is C33H33NO3. The summed E-state index contributed by atoms with van der Waals surface area (Å²) in [5.41, 5.74) is 3.52. The summed E-state index contributed by atoms with van der Waals surface area (Å²) >= 11 is 0. The summed E-state index contributed by atoms with van der Waals surface area (Å²) in [6, 6.07) is 39.1. The summed E-state index contributed by atoms with van der Waals surface area (Å²) < 4.78 is 12.3. The second kappa shape index (κ2) is 11.0. The van der Waals surface area contributed by atoms with Crippen molar-refractivity contribution in [1.82, 2.24) is 4.90 Å². The molecule has 4 heteroatoms. The molecular weight excluding hydrogens is 458 g/mol. The summed E-state index contributed by atoms with van der Waals surface area (Å²) in [7, 11) is 1.66. The summed E-state index contributed by atoms with van der Waals surface area (Å²) in [4.78, 5) is 15.2. The molecule has 0 radical (unpaired) electrons. The van der Waals surface area contributed by atoms with Crippen molar-refractivity contribution in [2.45, 2.75) is 19.1 Å². The molecule has 0 saturated carbocycles. The Bertz CT molecular complexity index is 1190. The van der Waals surface area contributed by atoms with E-state index in [0.717, 1.165) is 28.0 Å². The Morgan fingerprint density at radius 3 is 1.70 bits per heavy atom. The van der Waals surface area contributed by atoms with Crippen molar-refractivity contribution in [1.29, 1.82) is 0 Å². The fourth-order valence-corrected chi connectivity index (χ4v) is 5.31. The van der Waals surface area contributed by atoms with E-state index in [0.29, 0.717) is 19.7 Å². The molecule has 4 nitrogen and oxygen atoms in total. The molecule has 0 N–H and O–H groups in total. The van der Waals surface area contributed by atoms with Gasteiger partial charge < -0.3 is 14.4 Å². The highest BCUT2D eigenvalue weighted by molar-refractivity contribution is 5.81. The number of hydrogen-bond acceptors (Lipinski definition) is 3. The summed E-state index contributed by atoms with van der Waals surface area (Å²) in [6.07, 6.45) is 0. The molecule has 37 heavy (non-hydrogen) atoms. The number of carbonyl (C=O) groups excluding carboxylic acids is 1. The predicted octanol–water partition coefficient (Wildman–Crippen LogP) is 6.30. The van der Waals surface area contributed by atoms with Crippen molar-refractivity contribution in [3.8, 4) is 5.75 Å². The maximum Gasteiger partial charge on any atom is 0.226 e. The van der Waals surface area contributed by atoms with E-state index >= 15 is 0 Å². The number of ether oxygens (including phenoxy) is 2. The first-order valence-corrected chi connectivity index (χ1v) is 12.8. The Balaban J connectivity index is 1.44. The van der Waals surface area contributed by atoms with Gasteiger partial charge in [0.1, 0.15) is 11.4 Å². The number of benzene rings is 4. The predicted molar refractivity (Wildman–Crippen MR) is 146 cm³/mol. The zero-order valence-corrected chi connectivity index (χ0v) is 21.4. The lowest BCUT2D eigenvalue weighted by Crippen LogP contribution is -2.35. The molecule has 5 rings (SSSR count). The van der Waals surface area contributed by atoms with Gasteiger partial charge in [-0.05, 0) is 34.4 Å². The molecule has 1 saturated heterocycles. The fraction of sp³-hybridized carbons (Fsp3) is 0.242. The molecule has 1 aliphatic rings. The van der Waals surface area contributed by atoms with Gasteiger partial charge in [-0.3, -0.25) is 4.79 Å². The maximum absolute atomic E-state index is 13.2. The van der Waals surface area contributed by atoms with Crippen LogP contribution in [0, 0.1) is 11.8 Å². The lowest BCUT2D eigenvalue weighted by atomic mass is 9.80. The van der Waals surface area contributed by atoms with Gasteiger partial charge in [0.2, 0.25) is 5.91 Å². The fourth-order valence-electron chi connectivity index (χ4n) is 5.31. The van der Waals surface area contributed by atoms with Crippen LogP contribution in [0.1, 0.15) is 29.2 Å². The van der Waals surface area contributed by atoms with Crippen molar-refractivity contribution < 1.29 is 14.3 Å². The van der Waals surface area contributed by atoms with Crippen LogP contribution < -0.4 is 4.74 Å². The maximum atomic E-state index is 13.2. The van der Waals surface area contributed by atoms with Gasteiger partial charge in [0.25, 0.3) is 0 Å². The smallest absolute Gasteiger partial charge is 0.226 e. The molecule has 4 aromatic rings. The highest BCUT2D eigenvalue weighted by Gasteiger charge is 2.42. The monoisotopic (exact) mass is 491 g/mol. The van der Waals surface area contributed by atoms with Crippen LogP contribution in [-0.2, 0) is 21.7 Å². The van der Waals surface area contributed by atoms with Gasteiger partial charge in [0.05, 0.1) is 13.7 Å². The number of amides is 1. The average Bonchev–Trinajstić information content (AvgIpc) is 3.23. The minimum absolute atomic E-state index is 0.0845. The molecule has 0 aromatic heterocycles. The second-order valence-electron chi connectivity index (χ2n) is 9.71. The van der Waals surface area contributed by atoms with Gasteiger partial charge in [0, 0.05) is 24.9 Å². The highest BCUT2D eigenvalue weighted by atomic mass is 16.5. The zero-order valence-electron chi connectivity index (χ0n) is 21.4. The van der Waals surface area contributed by atoms with E-state index in [1.54, 1.807) is 7.11 Å². The molecule has 1 fully saturated rings. The van der Waals surface area contributed by atoms with Crippen LogP contribution in [0.15, 0.2) is 115 Å². The molecule has 1 aliphatic heterocycles. The van der Waals surface area contributed by atoms with Gasteiger partial charge in [0.15, 0.2) is 0 Å². The zero-order chi connectivity index (χ0) is 25.7. The Kier molecular flexibility index (Phi) is 7.38. The van der Waals surface area contributed by atoms with Crippen LogP contribution in [0.3, 0.4) is 0 Å². The minimum Gasteiger partial charge on any atom is -0.497 e. The Morgan fingerprint density at radius 2 is 1.24 bits per heavy atom. The van der Waals surface area contributed by atoms with Crippen molar-refractivity contribution in [2.75, 3.05) is 20.3 Å². The Labute approximate surface area is 219 Å². The van der Waals surface area contributed by atoms with E-state index in [1.165, 1.54) is 0 Å². The summed E-state index contributed by atoms with van der Waals surface area (Å²) in [5, 5.41) is 0. The Hall–Kier alpha value is -3.89. The average molecular weight is 492 g/mol. The molecule has 188 valence electrons. The molecule has 1 amide bonds. The summed E-state index contributed by atoms with van der Waals surface area (Å²) in [5.74, 6) is 0.962. The van der Waals surface area contributed by atoms with Crippen LogP contribution in [0.2, 0.25) is 0 Å². The third-order valence-electron chi connectivity index (χ3n) is 7.45. The van der Waals surface area contributed by atoms with E-state index in [9.17, 15) is 4.79 Å². The first kappa shape index (κ1) is 24.8. The van der Waals surface area contributed by atoms with Gasteiger partial charge in [-0.15, -0.1) is 0 Å². The van der Waals surface area contributed by atoms with Gasteiger partial charge in [-0.2, -0.15) is 0 Å². The van der Waals surface area contributed by atoms with E-state index in [2.05, 4.69) is 72.8 Å². The minimum atomic E-state index is -0.782. The third kappa shape index (κ3) is 5.03. The number of rotatable bonds is 9. The number of carbonyl (C=O) groups is 1. The van der Waals surface area contributed by atoms with E-state index in [4.69, 9.17) is 9.47 Å². The highest BCUT2D eigenvalue weighted by Crippen LogP contribution is 2.41. The first-order valence-electron chi connectivity index (χ1n) is 12.8. The van der Waals surface area contributed by atoms with Crippen LogP contribution in [0.25, 0.3) is 0 Å². The summed E-state index contributed by atoms with van der Waals surface area (Å²) in [6.45, 7) is 3.75. The molecule has 0 bridgehead atoms. The Morgan fingerprint density at radius 1 is 0.757 bits per heavy atom. The number of hydrogen-bond donors (Lipinski definition) is 0. The van der Waals surface area contributed by atoms with Crippen molar-refractivity contribution in [3.05, 3.63) is 138 Å². The van der Waals surface area contributed by atoms with E-state index < -0.39 is 5.60 Å². The lowest BCUT2D eigenvalue weighted by Gasteiger charge is -2.37. The topological polar surface area (TPSA) is 38.8 Å². The molecule has 2 atom stereocenters. The lowest BCUT2D eigenvalue weighted by molar-refractivity contribution is -0.131. The number of methoxy groups -OCH3 is 1. The van der Waals surface area contributed by atoms with Crippen LogP contribution >= 0.6 is 0 Å². The van der Waals surface area contributed by atoms with E-state index in [1.807, 2.05) is 54.3 Å². The van der Waals surface area contributed by atoms with Gasteiger partial charge in [-0.1, -0.05) is 110 Å². The molecule has 4 aromatic carbocycles. The normalized spacial score (nSPS) is 17.7. The molecule has 1 heterocycles. The largest absolute Gasteiger partial charge is 0.497 e. The first-order chi connectivity index (χ1) is 18.1. The van der Waals surface area contributed by atoms with Crippen molar-refractivity contribution in [3.63, 3.8) is 0 Å². The molecule has 2 unspecified atom stereocenters. The van der Waals surface area contributed by atoms with E-state index in [-0.39, 0.29) is 17.7 Å². The van der Waals surface area contributed by atoms with Crippen molar-refractivity contribution in [2.24, 2.45) is 11.8 Å². The van der Waals surface area contributed by atoms with Crippen LogP contribution in [-0.4, -0.2) is 31.1 Å². The van der Waals surface area contributed by atoms with Gasteiger partial charge in [-0.25, -0.2) is 0 Å². The molecule has 0 spiro atoms. The SMILES string of the molecule is COc1ccc(CN2CC(COC(c3ccccc3)(c3ccccc3)c3ccccc3)C(C)C2=O)cc1. The second-order valence-corrected chi connectivity index (χ2v) is 9.71. The van der Waals surface area contributed by atoms with Crippen LogP contribution in [0.5, 0.6) is 5.75 Å². The number of nitrogens with zero attached hydrogens (tertiary/aromatic N) is 1. The van der Waals surface area contributed by atoms with Gasteiger partial charge >= 0.3 is 0 Å². The quantitative estimate of drug-likeness (QED) is 0.258. The standard InChI is InChI=1S/C33H33NO3/c1-25-27(23-34(32(25)35)22-26-18-20-31(36-2)21-19-26)24-37-33(28-12-6-3-7-13-28,29-14-8-4-9-15-29)30-16-10-5-11-17-30/h3-21,25,27H,22-24H2,1-2H3. The van der Waals surface area contributed by atoms with Crippen molar-refractivity contribution >= 4 is 5.91 Å². The molecule has 0 aliphatic carbocycles. The number of likely N-dealkylation sites (tertiary alicyclic amines) is 1. The third-order valence-corrected chi connectivity index (χ3v) is 7.45.